The molecule has 15 heavy (non-hydrogen) atoms. The number of nitrogens with zero attached hydrogens (tertiary/aromatic N) is 1. The lowest BCUT2D eigenvalue weighted by Gasteiger charge is -2.06. The predicted molar refractivity (Wildman–Crippen MR) is 64.8 cm³/mol. The maximum atomic E-state index is 5.66. The van der Waals surface area contributed by atoms with Crippen molar-refractivity contribution in [3.8, 4) is 0 Å². The SMILES string of the molecule is CC(CN)Cc1cn(C)c2ccccc12. The summed E-state index contributed by atoms with van der Waals surface area (Å²) in [6.07, 6.45) is 3.29. The minimum Gasteiger partial charge on any atom is -0.350 e. The van der Waals surface area contributed by atoms with E-state index in [1.165, 1.54) is 16.5 Å². The van der Waals surface area contributed by atoms with Gasteiger partial charge in [0.1, 0.15) is 0 Å². The molecule has 1 aromatic carbocycles. The third-order valence-electron chi connectivity index (χ3n) is 2.95. The van der Waals surface area contributed by atoms with E-state index in [1.54, 1.807) is 0 Å². The lowest BCUT2D eigenvalue weighted by molar-refractivity contribution is 0.594. The summed E-state index contributed by atoms with van der Waals surface area (Å²) in [5, 5.41) is 1.36. The molecule has 1 aromatic heterocycles. The fourth-order valence-electron chi connectivity index (χ4n) is 2.05. The van der Waals surface area contributed by atoms with Gasteiger partial charge in [0.15, 0.2) is 0 Å². The van der Waals surface area contributed by atoms with Gasteiger partial charge >= 0.3 is 0 Å². The van der Waals surface area contributed by atoms with Crippen LogP contribution in [-0.2, 0) is 13.5 Å². The predicted octanol–water partition coefficient (Wildman–Crippen LogP) is 2.32. The van der Waals surface area contributed by atoms with Crippen LogP contribution in [0.3, 0.4) is 0 Å². The normalized spacial score (nSPS) is 13.3. The Labute approximate surface area is 90.7 Å². The van der Waals surface area contributed by atoms with Gasteiger partial charge in [-0.15, -0.1) is 0 Å². The summed E-state index contributed by atoms with van der Waals surface area (Å²) < 4.78 is 2.19. The third-order valence-corrected chi connectivity index (χ3v) is 2.95. The standard InChI is InChI=1S/C13H18N2/c1-10(8-14)7-11-9-15(2)13-6-4-3-5-12(11)13/h3-6,9-10H,7-8,14H2,1-2H3. The van der Waals surface area contributed by atoms with Crippen LogP contribution in [0.4, 0.5) is 0 Å². The molecule has 0 saturated carbocycles. The van der Waals surface area contributed by atoms with Crippen LogP contribution in [0.2, 0.25) is 0 Å². The molecule has 0 aliphatic carbocycles. The third kappa shape index (κ3) is 1.90. The van der Waals surface area contributed by atoms with Gasteiger partial charge in [-0.3, -0.25) is 0 Å². The first-order valence-electron chi connectivity index (χ1n) is 5.45. The molecule has 80 valence electrons. The van der Waals surface area contributed by atoms with Crippen molar-refractivity contribution in [2.24, 2.45) is 18.7 Å². The maximum Gasteiger partial charge on any atom is 0.0480 e. The monoisotopic (exact) mass is 202 g/mol. The van der Waals surface area contributed by atoms with E-state index in [9.17, 15) is 0 Å². The summed E-state index contributed by atoms with van der Waals surface area (Å²) in [5.41, 5.74) is 8.37. The fourth-order valence-corrected chi connectivity index (χ4v) is 2.05. The van der Waals surface area contributed by atoms with E-state index in [0.29, 0.717) is 5.92 Å². The van der Waals surface area contributed by atoms with Crippen LogP contribution in [0, 0.1) is 5.92 Å². The van der Waals surface area contributed by atoms with Crippen LogP contribution < -0.4 is 5.73 Å². The zero-order chi connectivity index (χ0) is 10.8. The molecule has 1 unspecified atom stereocenters. The molecule has 2 N–H and O–H groups in total. The van der Waals surface area contributed by atoms with Crippen molar-refractivity contribution in [2.45, 2.75) is 13.3 Å². The summed E-state index contributed by atoms with van der Waals surface area (Å²) in [7, 11) is 2.10. The molecule has 2 nitrogen and oxygen atoms in total. The number of para-hydroxylation sites is 1. The molecular formula is C13H18N2. The van der Waals surface area contributed by atoms with Crippen molar-refractivity contribution >= 4 is 10.9 Å². The maximum absolute atomic E-state index is 5.66. The second kappa shape index (κ2) is 4.07. The van der Waals surface area contributed by atoms with E-state index in [0.717, 1.165) is 13.0 Å². The lowest BCUT2D eigenvalue weighted by Crippen LogP contribution is -2.12. The molecule has 0 spiro atoms. The number of aryl methyl sites for hydroxylation is 1. The molecule has 0 saturated heterocycles. The van der Waals surface area contributed by atoms with Gasteiger partial charge in [-0.2, -0.15) is 0 Å². The van der Waals surface area contributed by atoms with Crippen molar-refractivity contribution in [3.05, 3.63) is 36.0 Å². The summed E-state index contributed by atoms with van der Waals surface area (Å²) in [5.74, 6) is 0.552. The Bertz CT molecular complexity index is 457. The van der Waals surface area contributed by atoms with Crippen LogP contribution >= 0.6 is 0 Å². The molecule has 0 amide bonds. The largest absolute Gasteiger partial charge is 0.350 e. The van der Waals surface area contributed by atoms with Crippen LogP contribution in [0.15, 0.2) is 30.5 Å². The fraction of sp³-hybridized carbons (Fsp3) is 0.385. The zero-order valence-electron chi connectivity index (χ0n) is 9.40. The topological polar surface area (TPSA) is 30.9 Å². The van der Waals surface area contributed by atoms with Crippen LogP contribution in [0.1, 0.15) is 12.5 Å². The molecule has 0 radical (unpaired) electrons. The van der Waals surface area contributed by atoms with E-state index >= 15 is 0 Å². The molecule has 0 bridgehead atoms. The second-order valence-corrected chi connectivity index (χ2v) is 4.33. The van der Waals surface area contributed by atoms with Gasteiger partial charge in [0.05, 0.1) is 0 Å². The summed E-state index contributed by atoms with van der Waals surface area (Å²) in [6.45, 7) is 2.95. The van der Waals surface area contributed by atoms with E-state index < -0.39 is 0 Å². The first-order chi connectivity index (χ1) is 7.22. The zero-order valence-corrected chi connectivity index (χ0v) is 9.40. The number of aromatic nitrogens is 1. The van der Waals surface area contributed by atoms with Crippen molar-refractivity contribution in [1.29, 1.82) is 0 Å². The smallest absolute Gasteiger partial charge is 0.0480 e. The first kappa shape index (κ1) is 10.2. The Morgan fingerprint density at radius 1 is 1.33 bits per heavy atom. The van der Waals surface area contributed by atoms with Crippen LogP contribution in [0.5, 0.6) is 0 Å². The van der Waals surface area contributed by atoms with Crippen molar-refractivity contribution in [3.63, 3.8) is 0 Å². The van der Waals surface area contributed by atoms with Crippen LogP contribution in [-0.4, -0.2) is 11.1 Å². The van der Waals surface area contributed by atoms with Gasteiger partial charge in [-0.05, 0) is 30.5 Å². The number of rotatable bonds is 3. The number of nitrogens with two attached hydrogens (primary N) is 1. The molecule has 0 aliphatic rings. The summed E-state index contributed by atoms with van der Waals surface area (Å²) in [4.78, 5) is 0. The highest BCUT2D eigenvalue weighted by Gasteiger charge is 2.08. The Balaban J connectivity index is 2.43. The van der Waals surface area contributed by atoms with Gasteiger partial charge in [0.2, 0.25) is 0 Å². The highest BCUT2D eigenvalue weighted by atomic mass is 14.9. The van der Waals surface area contributed by atoms with Crippen molar-refractivity contribution in [1.82, 2.24) is 4.57 Å². The molecule has 2 heteroatoms. The van der Waals surface area contributed by atoms with E-state index in [-0.39, 0.29) is 0 Å². The molecule has 1 heterocycles. The van der Waals surface area contributed by atoms with E-state index in [1.807, 2.05) is 0 Å². The summed E-state index contributed by atoms with van der Waals surface area (Å²) >= 11 is 0. The quantitative estimate of drug-likeness (QED) is 0.813. The number of fused-ring (bicyclic) bond motifs is 1. The van der Waals surface area contributed by atoms with Gasteiger partial charge < -0.3 is 10.3 Å². The average Bonchev–Trinajstić information content (AvgIpc) is 2.57. The molecule has 0 aliphatic heterocycles. The van der Waals surface area contributed by atoms with Crippen LogP contribution in [0.25, 0.3) is 10.9 Å². The Kier molecular flexibility index (Phi) is 2.78. The van der Waals surface area contributed by atoms with Crippen molar-refractivity contribution < 1.29 is 0 Å². The number of hydrogen-bond acceptors (Lipinski definition) is 1. The first-order valence-corrected chi connectivity index (χ1v) is 5.45. The van der Waals surface area contributed by atoms with E-state index in [2.05, 4.69) is 49.0 Å². The summed E-state index contributed by atoms with van der Waals surface area (Å²) in [6, 6.07) is 8.53. The Morgan fingerprint density at radius 2 is 2.07 bits per heavy atom. The molecule has 0 fully saturated rings. The van der Waals surface area contributed by atoms with Gasteiger partial charge in [-0.25, -0.2) is 0 Å². The minimum absolute atomic E-state index is 0.552. The minimum atomic E-state index is 0.552. The lowest BCUT2D eigenvalue weighted by atomic mass is 10.0. The molecular weight excluding hydrogens is 184 g/mol. The molecule has 2 aromatic rings. The van der Waals surface area contributed by atoms with Gasteiger partial charge in [0.25, 0.3) is 0 Å². The Hall–Kier alpha value is -1.28. The van der Waals surface area contributed by atoms with Gasteiger partial charge in [0, 0.05) is 24.1 Å². The van der Waals surface area contributed by atoms with Crippen molar-refractivity contribution in [2.75, 3.05) is 6.54 Å². The number of hydrogen-bond donors (Lipinski definition) is 1. The average molecular weight is 202 g/mol. The number of benzene rings is 1. The molecule has 1 atom stereocenters. The highest BCUT2D eigenvalue weighted by molar-refractivity contribution is 5.83. The highest BCUT2D eigenvalue weighted by Crippen LogP contribution is 2.22. The molecule has 2 rings (SSSR count). The Morgan fingerprint density at radius 3 is 2.80 bits per heavy atom. The second-order valence-electron chi connectivity index (χ2n) is 4.33. The van der Waals surface area contributed by atoms with Gasteiger partial charge in [-0.1, -0.05) is 25.1 Å². The van der Waals surface area contributed by atoms with E-state index in [4.69, 9.17) is 5.73 Å².